The number of hydrogen-bond donors (Lipinski definition) is 1. The molecule has 0 aliphatic heterocycles. The summed E-state index contributed by atoms with van der Waals surface area (Å²) in [5.41, 5.74) is 6.65. The lowest BCUT2D eigenvalue weighted by Crippen LogP contribution is -2.34. The molecule has 0 spiro atoms. The van der Waals surface area contributed by atoms with Gasteiger partial charge in [-0.1, -0.05) is 24.3 Å². The van der Waals surface area contributed by atoms with Crippen LogP contribution in [0.1, 0.15) is 25.0 Å². The summed E-state index contributed by atoms with van der Waals surface area (Å²) >= 11 is 0. The van der Waals surface area contributed by atoms with E-state index < -0.39 is 24.1 Å². The topological polar surface area (TPSA) is 96.4 Å². The molecule has 7 nitrogen and oxygen atoms in total. The molecule has 0 fully saturated rings. The van der Waals surface area contributed by atoms with E-state index in [4.69, 9.17) is 15.2 Å². The Labute approximate surface area is 152 Å². The zero-order chi connectivity index (χ0) is 19.0. The number of nitrogens with zero attached hydrogens (tertiary/aromatic N) is 2. The number of nitrogens with two attached hydrogens (primary N) is 1. The van der Waals surface area contributed by atoms with Crippen molar-refractivity contribution in [3.8, 4) is 0 Å². The summed E-state index contributed by atoms with van der Waals surface area (Å²) in [4.78, 5) is 27.3. The minimum absolute atomic E-state index is 0.149. The molecule has 0 radical (unpaired) electrons. The highest BCUT2D eigenvalue weighted by Gasteiger charge is 2.27. The molecule has 0 unspecified atom stereocenters. The summed E-state index contributed by atoms with van der Waals surface area (Å²) in [6.45, 7) is 3.77. The first-order valence-corrected chi connectivity index (χ1v) is 8.17. The Hall–Kier alpha value is -2.93. The first-order chi connectivity index (χ1) is 12.4. The standard InChI is InChI=1S/C19H23N3O4/c1-19(2,12-20)18(24)26-14-25-17(23)8-7-15-3-5-16(6-4-15)11-22-10-9-21-13-22/h3-10,13H,11-12,14,20H2,1-2H3/b8-7+. The normalized spacial score (nSPS) is 11.5. The van der Waals surface area contributed by atoms with E-state index in [1.54, 1.807) is 32.4 Å². The van der Waals surface area contributed by atoms with E-state index in [0.717, 1.165) is 17.7 Å². The number of carbonyl (C=O) groups excluding carboxylic acids is 2. The van der Waals surface area contributed by atoms with Crippen molar-refractivity contribution >= 4 is 18.0 Å². The SMILES string of the molecule is CC(C)(CN)C(=O)OCOC(=O)/C=C/c1ccc(Cn2ccnc2)cc1. The summed E-state index contributed by atoms with van der Waals surface area (Å²) in [5, 5.41) is 0. The Balaban J connectivity index is 1.78. The molecule has 0 saturated carbocycles. The molecule has 0 bridgehead atoms. The Kier molecular flexibility index (Phi) is 6.68. The summed E-state index contributed by atoms with van der Waals surface area (Å²) < 4.78 is 11.7. The Morgan fingerprint density at radius 3 is 2.58 bits per heavy atom. The van der Waals surface area contributed by atoms with Gasteiger partial charge in [-0.05, 0) is 31.1 Å². The molecular weight excluding hydrogens is 334 g/mol. The van der Waals surface area contributed by atoms with Crippen LogP contribution in [0.2, 0.25) is 0 Å². The minimum atomic E-state index is -0.805. The maximum atomic E-state index is 11.7. The molecule has 0 aliphatic carbocycles. The zero-order valence-corrected chi connectivity index (χ0v) is 14.9. The fourth-order valence-electron chi connectivity index (χ4n) is 1.96. The molecule has 26 heavy (non-hydrogen) atoms. The third kappa shape index (κ3) is 5.86. The smallest absolute Gasteiger partial charge is 0.333 e. The molecular formula is C19H23N3O4. The molecule has 1 aromatic carbocycles. The lowest BCUT2D eigenvalue weighted by atomic mass is 9.94. The van der Waals surface area contributed by atoms with Crippen LogP contribution in [-0.2, 0) is 25.6 Å². The molecule has 2 aromatic rings. The van der Waals surface area contributed by atoms with Crippen molar-refractivity contribution < 1.29 is 19.1 Å². The second-order valence-electron chi connectivity index (χ2n) is 6.41. The minimum Gasteiger partial charge on any atom is -0.427 e. The average Bonchev–Trinajstić information content (AvgIpc) is 3.14. The van der Waals surface area contributed by atoms with E-state index in [-0.39, 0.29) is 6.54 Å². The van der Waals surface area contributed by atoms with Crippen molar-refractivity contribution in [3.63, 3.8) is 0 Å². The molecule has 1 heterocycles. The van der Waals surface area contributed by atoms with Crippen molar-refractivity contribution in [1.29, 1.82) is 0 Å². The van der Waals surface area contributed by atoms with Gasteiger partial charge >= 0.3 is 11.9 Å². The number of hydrogen-bond acceptors (Lipinski definition) is 6. The van der Waals surface area contributed by atoms with Gasteiger partial charge in [-0.25, -0.2) is 9.78 Å². The van der Waals surface area contributed by atoms with E-state index in [1.165, 1.54) is 6.08 Å². The van der Waals surface area contributed by atoms with Crippen molar-refractivity contribution in [2.75, 3.05) is 13.3 Å². The third-order valence-corrected chi connectivity index (χ3v) is 3.77. The Morgan fingerprint density at radius 1 is 1.23 bits per heavy atom. The summed E-state index contributed by atoms with van der Waals surface area (Å²) in [6.07, 6.45) is 8.30. The highest BCUT2D eigenvalue weighted by molar-refractivity contribution is 5.87. The van der Waals surface area contributed by atoms with Crippen molar-refractivity contribution in [2.24, 2.45) is 11.1 Å². The number of imidazole rings is 1. The molecule has 2 rings (SSSR count). The van der Waals surface area contributed by atoms with Gasteiger partial charge in [-0.15, -0.1) is 0 Å². The van der Waals surface area contributed by atoms with Gasteiger partial charge in [0, 0.05) is 31.6 Å². The predicted octanol–water partition coefficient (Wildman–Crippen LogP) is 1.97. The van der Waals surface area contributed by atoms with Gasteiger partial charge in [0.2, 0.25) is 6.79 Å². The molecule has 0 amide bonds. The number of ether oxygens (including phenoxy) is 2. The van der Waals surface area contributed by atoms with E-state index in [9.17, 15) is 9.59 Å². The highest BCUT2D eigenvalue weighted by Crippen LogP contribution is 2.14. The molecule has 0 atom stereocenters. The van der Waals surface area contributed by atoms with Crippen LogP contribution in [0, 0.1) is 5.41 Å². The first-order valence-electron chi connectivity index (χ1n) is 8.17. The maximum absolute atomic E-state index is 11.7. The molecule has 7 heteroatoms. The summed E-state index contributed by atoms with van der Waals surface area (Å²) in [7, 11) is 0. The van der Waals surface area contributed by atoms with Crippen LogP contribution in [0.3, 0.4) is 0 Å². The maximum Gasteiger partial charge on any atom is 0.333 e. The van der Waals surface area contributed by atoms with Crippen molar-refractivity contribution in [3.05, 3.63) is 60.2 Å². The monoisotopic (exact) mass is 357 g/mol. The van der Waals surface area contributed by atoms with E-state index >= 15 is 0 Å². The highest BCUT2D eigenvalue weighted by atomic mass is 16.7. The third-order valence-electron chi connectivity index (χ3n) is 3.77. The van der Waals surface area contributed by atoms with Gasteiger partial charge in [0.05, 0.1) is 11.7 Å². The molecule has 2 N–H and O–H groups in total. The van der Waals surface area contributed by atoms with Gasteiger partial charge in [-0.3, -0.25) is 4.79 Å². The number of carbonyl (C=O) groups is 2. The van der Waals surface area contributed by atoms with Gasteiger partial charge in [0.15, 0.2) is 0 Å². The van der Waals surface area contributed by atoms with E-state index in [1.807, 2.05) is 35.0 Å². The number of benzene rings is 1. The number of esters is 2. The molecule has 1 aromatic heterocycles. The van der Waals surface area contributed by atoms with E-state index in [0.29, 0.717) is 0 Å². The second kappa shape index (κ2) is 8.96. The first kappa shape index (κ1) is 19.4. The lowest BCUT2D eigenvalue weighted by Gasteiger charge is -2.19. The number of aromatic nitrogens is 2. The van der Waals surface area contributed by atoms with Crippen molar-refractivity contribution in [1.82, 2.24) is 9.55 Å². The largest absolute Gasteiger partial charge is 0.427 e. The quantitative estimate of drug-likeness (QED) is 0.441. The van der Waals surface area contributed by atoms with E-state index in [2.05, 4.69) is 4.98 Å². The predicted molar refractivity (Wildman–Crippen MR) is 96.7 cm³/mol. The van der Waals surface area contributed by atoms with Crippen LogP contribution in [0.15, 0.2) is 49.1 Å². The average molecular weight is 357 g/mol. The molecule has 0 saturated heterocycles. The van der Waals surface area contributed by atoms with Gasteiger partial charge in [0.25, 0.3) is 0 Å². The zero-order valence-electron chi connectivity index (χ0n) is 14.9. The fraction of sp³-hybridized carbons (Fsp3) is 0.316. The summed E-state index contributed by atoms with van der Waals surface area (Å²) in [5.74, 6) is -1.10. The van der Waals surface area contributed by atoms with Crippen LogP contribution in [-0.4, -0.2) is 34.8 Å². The van der Waals surface area contributed by atoms with Gasteiger partial charge in [-0.2, -0.15) is 0 Å². The van der Waals surface area contributed by atoms with Crippen LogP contribution in [0.25, 0.3) is 6.08 Å². The van der Waals surface area contributed by atoms with Gasteiger partial charge < -0.3 is 19.8 Å². The fourth-order valence-corrected chi connectivity index (χ4v) is 1.96. The lowest BCUT2D eigenvalue weighted by molar-refractivity contribution is -0.170. The molecule has 0 aliphatic rings. The van der Waals surface area contributed by atoms with Crippen LogP contribution in [0.4, 0.5) is 0 Å². The van der Waals surface area contributed by atoms with Gasteiger partial charge in [0.1, 0.15) is 0 Å². The summed E-state index contributed by atoms with van der Waals surface area (Å²) in [6, 6.07) is 7.75. The van der Waals surface area contributed by atoms with Crippen molar-refractivity contribution in [2.45, 2.75) is 20.4 Å². The Morgan fingerprint density at radius 2 is 1.96 bits per heavy atom. The van der Waals surface area contributed by atoms with Crippen LogP contribution < -0.4 is 5.73 Å². The Bertz CT molecular complexity index is 750. The second-order valence-corrected chi connectivity index (χ2v) is 6.41. The van der Waals surface area contributed by atoms with Crippen LogP contribution >= 0.6 is 0 Å². The van der Waals surface area contributed by atoms with Crippen LogP contribution in [0.5, 0.6) is 0 Å². The molecule has 138 valence electrons. The number of rotatable bonds is 8.